The van der Waals surface area contributed by atoms with Gasteiger partial charge in [-0.25, -0.2) is 9.38 Å². The molecule has 0 aromatic heterocycles. The molecule has 0 aliphatic carbocycles. The van der Waals surface area contributed by atoms with Gasteiger partial charge >= 0.3 is 0 Å². The van der Waals surface area contributed by atoms with Crippen molar-refractivity contribution in [2.45, 2.75) is 19.8 Å². The highest BCUT2D eigenvalue weighted by molar-refractivity contribution is 6.04. The minimum absolute atomic E-state index is 0.0453. The highest BCUT2D eigenvalue weighted by Crippen LogP contribution is 2.05. The van der Waals surface area contributed by atoms with Gasteiger partial charge in [0.2, 0.25) is 0 Å². The van der Waals surface area contributed by atoms with E-state index in [9.17, 15) is 9.18 Å². The highest BCUT2D eigenvalue weighted by atomic mass is 19.1. The summed E-state index contributed by atoms with van der Waals surface area (Å²) in [5.74, 6) is -1.17. The molecule has 0 unspecified atom stereocenters. The van der Waals surface area contributed by atoms with Gasteiger partial charge in [0, 0.05) is 13.7 Å². The van der Waals surface area contributed by atoms with Crippen LogP contribution in [0.3, 0.4) is 0 Å². The molecule has 0 atom stereocenters. The lowest BCUT2D eigenvalue weighted by Gasteiger charge is -2.10. The molecule has 0 heterocycles. The molecule has 0 radical (unpaired) electrons. The average molecular weight is 296 g/mol. The molecule has 0 bridgehead atoms. The van der Waals surface area contributed by atoms with Crippen LogP contribution >= 0.6 is 0 Å². The molecule has 21 heavy (non-hydrogen) atoms. The highest BCUT2D eigenvalue weighted by Gasteiger charge is 2.13. The van der Waals surface area contributed by atoms with Gasteiger partial charge in [-0.05, 0) is 18.6 Å². The summed E-state index contributed by atoms with van der Waals surface area (Å²) in [5, 5.41) is 2.49. The standard InChI is InChI=1S/C15H21FN2O3/c1-3-4-9-17-15(21-11-10-20-2)18-14(19)12-7-5-6-8-13(12)16/h5-8H,3-4,9-11H2,1-2H3,(H,17,18,19). The predicted octanol–water partition coefficient (Wildman–Crippen LogP) is 2.37. The number of unbranched alkanes of at least 4 members (excludes halogenated alkanes) is 1. The largest absolute Gasteiger partial charge is 0.463 e. The van der Waals surface area contributed by atoms with Crippen LogP contribution in [0.15, 0.2) is 29.3 Å². The number of amides is 1. The number of carbonyl (C=O) groups excluding carboxylic acids is 1. The lowest BCUT2D eigenvalue weighted by molar-refractivity contribution is 0.0950. The van der Waals surface area contributed by atoms with Crippen molar-refractivity contribution < 1.29 is 18.7 Å². The number of halogens is 1. The van der Waals surface area contributed by atoms with Gasteiger partial charge in [0.1, 0.15) is 12.4 Å². The summed E-state index contributed by atoms with van der Waals surface area (Å²) in [5.41, 5.74) is -0.0453. The molecule has 5 nitrogen and oxygen atoms in total. The Morgan fingerprint density at radius 1 is 1.33 bits per heavy atom. The number of carbonyl (C=O) groups is 1. The summed E-state index contributed by atoms with van der Waals surface area (Å²) in [6, 6.07) is 5.85. The Kier molecular flexibility index (Phi) is 8.04. The smallest absolute Gasteiger partial charge is 0.291 e. The third-order valence-corrected chi connectivity index (χ3v) is 2.63. The Morgan fingerprint density at radius 3 is 2.76 bits per heavy atom. The normalized spacial score (nSPS) is 11.3. The SMILES string of the molecule is CCCCN=C(NC(=O)c1ccccc1F)OCCOC. The van der Waals surface area contributed by atoms with Crippen LogP contribution in [0.5, 0.6) is 0 Å². The number of nitrogens with zero attached hydrogens (tertiary/aromatic N) is 1. The lowest BCUT2D eigenvalue weighted by Crippen LogP contribution is -2.34. The van der Waals surface area contributed by atoms with E-state index in [2.05, 4.69) is 10.3 Å². The Balaban J connectivity index is 2.68. The van der Waals surface area contributed by atoms with Gasteiger partial charge in [0.15, 0.2) is 0 Å². The molecule has 0 saturated carbocycles. The molecule has 1 N–H and O–H groups in total. The van der Waals surface area contributed by atoms with Gasteiger partial charge in [0.05, 0.1) is 12.2 Å². The average Bonchev–Trinajstić information content (AvgIpc) is 2.48. The molecule has 116 valence electrons. The van der Waals surface area contributed by atoms with E-state index in [4.69, 9.17) is 9.47 Å². The van der Waals surface area contributed by atoms with Crippen molar-refractivity contribution in [3.05, 3.63) is 35.6 Å². The van der Waals surface area contributed by atoms with Gasteiger partial charge < -0.3 is 9.47 Å². The summed E-state index contributed by atoms with van der Waals surface area (Å²) in [6.07, 6.45) is 1.86. The molecule has 6 heteroatoms. The van der Waals surface area contributed by atoms with Crippen LogP contribution in [0.25, 0.3) is 0 Å². The molecule has 0 aliphatic rings. The molecular formula is C15H21FN2O3. The third-order valence-electron chi connectivity index (χ3n) is 2.63. The van der Waals surface area contributed by atoms with Crippen molar-refractivity contribution in [1.82, 2.24) is 5.32 Å². The molecule has 1 rings (SSSR count). The van der Waals surface area contributed by atoms with E-state index in [1.165, 1.54) is 18.2 Å². The summed E-state index contributed by atoms with van der Waals surface area (Å²) in [4.78, 5) is 16.2. The molecule has 0 saturated heterocycles. The summed E-state index contributed by atoms with van der Waals surface area (Å²) in [6.45, 7) is 3.22. The first kappa shape index (κ1) is 17.1. The Bertz CT molecular complexity index is 478. The Hall–Kier alpha value is -1.95. The van der Waals surface area contributed by atoms with Gasteiger partial charge in [0.25, 0.3) is 11.9 Å². The van der Waals surface area contributed by atoms with Crippen molar-refractivity contribution in [1.29, 1.82) is 0 Å². The summed E-state index contributed by atoms with van der Waals surface area (Å²) < 4.78 is 23.7. The van der Waals surface area contributed by atoms with Gasteiger partial charge in [-0.15, -0.1) is 0 Å². The minimum Gasteiger partial charge on any atom is -0.463 e. The lowest BCUT2D eigenvalue weighted by atomic mass is 10.2. The van der Waals surface area contributed by atoms with Gasteiger partial charge in [-0.3, -0.25) is 10.1 Å². The van der Waals surface area contributed by atoms with E-state index < -0.39 is 11.7 Å². The Morgan fingerprint density at radius 2 is 2.10 bits per heavy atom. The number of ether oxygens (including phenoxy) is 2. The van der Waals surface area contributed by atoms with E-state index in [0.29, 0.717) is 13.2 Å². The van der Waals surface area contributed by atoms with E-state index in [1.54, 1.807) is 13.2 Å². The molecule has 1 amide bonds. The summed E-state index contributed by atoms with van der Waals surface area (Å²) >= 11 is 0. The molecular weight excluding hydrogens is 275 g/mol. The number of rotatable bonds is 7. The first-order valence-electron chi connectivity index (χ1n) is 6.91. The van der Waals surface area contributed by atoms with E-state index in [0.717, 1.165) is 12.8 Å². The molecule has 0 fully saturated rings. The molecule has 0 spiro atoms. The number of hydrogen-bond donors (Lipinski definition) is 1. The molecule has 1 aromatic rings. The van der Waals surface area contributed by atoms with Crippen LogP contribution in [0, 0.1) is 5.82 Å². The number of methoxy groups -OCH3 is 1. The third kappa shape index (κ3) is 6.35. The van der Waals surface area contributed by atoms with Crippen LogP contribution in [-0.4, -0.2) is 38.8 Å². The second-order valence-electron chi connectivity index (χ2n) is 4.32. The number of benzene rings is 1. The van der Waals surface area contributed by atoms with Crippen LogP contribution in [-0.2, 0) is 9.47 Å². The maximum Gasteiger partial charge on any atom is 0.291 e. The maximum atomic E-state index is 13.5. The van der Waals surface area contributed by atoms with Gasteiger partial charge in [-0.2, -0.15) is 0 Å². The van der Waals surface area contributed by atoms with Crippen molar-refractivity contribution in [2.24, 2.45) is 4.99 Å². The minimum atomic E-state index is -0.584. The second kappa shape index (κ2) is 9.88. The Labute approximate surface area is 124 Å². The first-order chi connectivity index (χ1) is 10.2. The van der Waals surface area contributed by atoms with Crippen LogP contribution in [0.1, 0.15) is 30.1 Å². The predicted molar refractivity (Wildman–Crippen MR) is 78.9 cm³/mol. The zero-order valence-electron chi connectivity index (χ0n) is 12.4. The fourth-order valence-electron chi connectivity index (χ4n) is 1.49. The zero-order chi connectivity index (χ0) is 15.5. The van der Waals surface area contributed by atoms with Crippen molar-refractivity contribution in [3.8, 4) is 0 Å². The van der Waals surface area contributed by atoms with Crippen LogP contribution in [0.2, 0.25) is 0 Å². The molecule has 0 aliphatic heterocycles. The van der Waals surface area contributed by atoms with E-state index in [1.807, 2.05) is 6.92 Å². The zero-order valence-corrected chi connectivity index (χ0v) is 12.4. The topological polar surface area (TPSA) is 59.9 Å². The molecule has 1 aromatic carbocycles. The van der Waals surface area contributed by atoms with Gasteiger partial charge in [-0.1, -0.05) is 25.5 Å². The van der Waals surface area contributed by atoms with E-state index in [-0.39, 0.29) is 18.2 Å². The van der Waals surface area contributed by atoms with Crippen LogP contribution in [0.4, 0.5) is 4.39 Å². The van der Waals surface area contributed by atoms with E-state index >= 15 is 0 Å². The first-order valence-corrected chi connectivity index (χ1v) is 6.91. The second-order valence-corrected chi connectivity index (χ2v) is 4.32. The van der Waals surface area contributed by atoms with Crippen molar-refractivity contribution in [2.75, 3.05) is 26.9 Å². The maximum absolute atomic E-state index is 13.5. The number of nitrogens with one attached hydrogen (secondary N) is 1. The fraction of sp³-hybridized carbons (Fsp3) is 0.467. The van der Waals surface area contributed by atoms with Crippen molar-refractivity contribution in [3.63, 3.8) is 0 Å². The number of amidine groups is 1. The quantitative estimate of drug-likeness (QED) is 0.477. The number of hydrogen-bond acceptors (Lipinski definition) is 4. The van der Waals surface area contributed by atoms with Crippen molar-refractivity contribution >= 4 is 11.9 Å². The fourth-order valence-corrected chi connectivity index (χ4v) is 1.49. The van der Waals surface area contributed by atoms with Crippen LogP contribution < -0.4 is 5.32 Å². The summed E-state index contributed by atoms with van der Waals surface area (Å²) in [7, 11) is 1.55. The monoisotopic (exact) mass is 296 g/mol. The number of aliphatic imine (C=N–C) groups is 1.